The first-order chi connectivity index (χ1) is 14.3. The van der Waals surface area contributed by atoms with Crippen LogP contribution in [-0.4, -0.2) is 43.8 Å². The zero-order chi connectivity index (χ0) is 21.7. The van der Waals surface area contributed by atoms with Gasteiger partial charge in [0.15, 0.2) is 0 Å². The zero-order valence-corrected chi connectivity index (χ0v) is 17.1. The summed E-state index contributed by atoms with van der Waals surface area (Å²) in [5.41, 5.74) is 0.725. The number of carboxylic acid groups (broad SMARTS) is 1. The van der Waals surface area contributed by atoms with Crippen LogP contribution in [0.4, 0.5) is 5.69 Å². The predicted octanol–water partition coefficient (Wildman–Crippen LogP) is 3.49. The Balaban J connectivity index is 1.67. The third kappa shape index (κ3) is 5.13. The van der Waals surface area contributed by atoms with Crippen molar-refractivity contribution >= 4 is 57.8 Å². The number of aromatic hydroxyl groups is 1. The smallest absolute Gasteiger partial charge is 0.337 e. The van der Waals surface area contributed by atoms with E-state index in [4.69, 9.17) is 12.2 Å². The normalized spacial score (nSPS) is 15.2. The Kier molecular flexibility index (Phi) is 6.65. The number of benzene rings is 2. The van der Waals surface area contributed by atoms with Crippen LogP contribution in [0.1, 0.15) is 15.9 Å². The molecule has 3 rings (SSSR count). The molecule has 3 N–H and O–H groups in total. The summed E-state index contributed by atoms with van der Waals surface area (Å²) in [4.78, 5) is 37.8. The van der Waals surface area contributed by atoms with Gasteiger partial charge in [0.05, 0.1) is 16.2 Å². The van der Waals surface area contributed by atoms with E-state index in [1.54, 1.807) is 12.2 Å². The third-order valence-corrected chi connectivity index (χ3v) is 5.41. The highest BCUT2D eigenvalue weighted by molar-refractivity contribution is 8.26. The van der Waals surface area contributed by atoms with Gasteiger partial charge in [-0.2, -0.15) is 0 Å². The van der Waals surface area contributed by atoms with E-state index in [0.717, 1.165) is 28.3 Å². The number of rotatable bonds is 6. The Labute approximate surface area is 181 Å². The van der Waals surface area contributed by atoms with E-state index < -0.39 is 17.8 Å². The molecule has 152 valence electrons. The first-order valence-electron chi connectivity index (χ1n) is 8.68. The lowest BCUT2D eigenvalue weighted by Gasteiger charge is -2.15. The molecule has 1 heterocycles. The predicted molar refractivity (Wildman–Crippen MR) is 119 cm³/mol. The van der Waals surface area contributed by atoms with Gasteiger partial charge in [0.25, 0.3) is 5.91 Å². The number of carboxylic acids is 1. The topological polar surface area (TPSA) is 107 Å². The first-order valence-corrected chi connectivity index (χ1v) is 9.91. The van der Waals surface area contributed by atoms with E-state index in [-0.39, 0.29) is 27.9 Å². The Bertz CT molecular complexity index is 1080. The molecule has 0 radical (unpaired) electrons. The summed E-state index contributed by atoms with van der Waals surface area (Å²) < 4.78 is 0.235. The van der Waals surface area contributed by atoms with Gasteiger partial charge in [0.2, 0.25) is 5.91 Å². The molecule has 2 aromatic rings. The lowest BCUT2D eigenvalue weighted by atomic mass is 10.1. The lowest BCUT2D eigenvalue weighted by Crippen LogP contribution is -2.36. The van der Waals surface area contributed by atoms with Crippen molar-refractivity contribution in [1.82, 2.24) is 4.90 Å². The number of hydrogen-bond acceptors (Lipinski definition) is 6. The number of amides is 2. The summed E-state index contributed by atoms with van der Waals surface area (Å²) in [6.07, 6.45) is 5.21. The fourth-order valence-electron chi connectivity index (χ4n) is 2.61. The fraction of sp³-hybridized carbons (Fsp3) is 0.0476. The molecule has 1 aliphatic heterocycles. The van der Waals surface area contributed by atoms with E-state index in [9.17, 15) is 24.6 Å². The van der Waals surface area contributed by atoms with Crippen LogP contribution in [-0.2, 0) is 9.59 Å². The highest BCUT2D eigenvalue weighted by Crippen LogP contribution is 2.31. The molecule has 0 atom stereocenters. The van der Waals surface area contributed by atoms with Crippen molar-refractivity contribution < 1.29 is 24.6 Å². The van der Waals surface area contributed by atoms with Crippen LogP contribution in [0, 0.1) is 0 Å². The maximum atomic E-state index is 12.6. The Morgan fingerprint density at radius 2 is 1.90 bits per heavy atom. The number of phenols is 1. The molecule has 30 heavy (non-hydrogen) atoms. The molecular weight excluding hydrogens is 424 g/mol. The standard InChI is InChI=1S/C21H16N2O5S2/c24-14-9-10-16(15(11-14)20(27)28)22-18(25)12-23-19(26)17(30-21(23)29)8-4-7-13-5-2-1-3-6-13/h1-11,24H,12H2,(H,22,25)(H,27,28)/b7-4+,17-8-. The molecule has 0 unspecified atom stereocenters. The third-order valence-electron chi connectivity index (χ3n) is 4.02. The van der Waals surface area contributed by atoms with E-state index in [1.165, 1.54) is 12.1 Å². The number of carbonyl (C=O) groups excluding carboxylic acids is 2. The molecule has 0 aliphatic carbocycles. The number of nitrogens with one attached hydrogen (secondary N) is 1. The molecule has 9 heteroatoms. The van der Waals surface area contributed by atoms with Gasteiger partial charge >= 0.3 is 5.97 Å². The summed E-state index contributed by atoms with van der Waals surface area (Å²) >= 11 is 6.29. The largest absolute Gasteiger partial charge is 0.508 e. The van der Waals surface area contributed by atoms with Gasteiger partial charge in [-0.05, 0) is 29.8 Å². The molecule has 0 bridgehead atoms. The van der Waals surface area contributed by atoms with Gasteiger partial charge in [-0.15, -0.1) is 0 Å². The quantitative estimate of drug-likeness (QED) is 0.359. The van der Waals surface area contributed by atoms with Crippen LogP contribution in [0.15, 0.2) is 65.6 Å². The summed E-state index contributed by atoms with van der Waals surface area (Å²) in [7, 11) is 0. The van der Waals surface area contributed by atoms with Crippen LogP contribution < -0.4 is 5.32 Å². The maximum absolute atomic E-state index is 12.6. The molecule has 0 aromatic heterocycles. The van der Waals surface area contributed by atoms with Crippen molar-refractivity contribution in [3.05, 3.63) is 76.7 Å². The van der Waals surface area contributed by atoms with Crippen molar-refractivity contribution in [3.8, 4) is 5.75 Å². The van der Waals surface area contributed by atoms with Crippen molar-refractivity contribution in [1.29, 1.82) is 0 Å². The average molecular weight is 441 g/mol. The maximum Gasteiger partial charge on any atom is 0.337 e. The summed E-state index contributed by atoms with van der Waals surface area (Å²) in [5, 5.41) is 21.1. The van der Waals surface area contributed by atoms with E-state index in [1.807, 2.05) is 36.4 Å². The number of aromatic carboxylic acids is 1. The van der Waals surface area contributed by atoms with E-state index in [2.05, 4.69) is 5.32 Å². The number of anilines is 1. The van der Waals surface area contributed by atoms with Crippen LogP contribution in [0.5, 0.6) is 5.75 Å². The van der Waals surface area contributed by atoms with Crippen molar-refractivity contribution in [2.45, 2.75) is 0 Å². The fourth-order valence-corrected chi connectivity index (χ4v) is 3.82. The number of thiocarbonyl (C=S) groups is 1. The number of phenolic OH excluding ortho intramolecular Hbond substituents is 1. The van der Waals surface area contributed by atoms with Gasteiger partial charge in [-0.25, -0.2) is 4.79 Å². The number of thioether (sulfide) groups is 1. The molecule has 7 nitrogen and oxygen atoms in total. The van der Waals surface area contributed by atoms with Gasteiger partial charge in [-0.3, -0.25) is 14.5 Å². The van der Waals surface area contributed by atoms with Crippen molar-refractivity contribution in [3.63, 3.8) is 0 Å². The SMILES string of the molecule is O=C(CN1C(=O)/C(=C/C=C/c2ccccc2)SC1=S)Nc1ccc(O)cc1C(=O)O. The summed E-state index contributed by atoms with van der Waals surface area (Å²) in [6, 6.07) is 13.1. The molecule has 1 fully saturated rings. The molecule has 2 amide bonds. The van der Waals surface area contributed by atoms with Gasteiger partial charge in [-0.1, -0.05) is 66.5 Å². The minimum absolute atomic E-state index is 0.0112. The lowest BCUT2D eigenvalue weighted by molar-refractivity contribution is -0.126. The van der Waals surface area contributed by atoms with Crippen LogP contribution in [0.3, 0.4) is 0 Å². The minimum atomic E-state index is -1.31. The molecule has 0 spiro atoms. The van der Waals surface area contributed by atoms with Gasteiger partial charge < -0.3 is 15.5 Å². The Morgan fingerprint density at radius 1 is 1.17 bits per heavy atom. The monoisotopic (exact) mass is 440 g/mol. The van der Waals surface area contributed by atoms with Gasteiger partial charge in [0, 0.05) is 0 Å². The highest BCUT2D eigenvalue weighted by Gasteiger charge is 2.33. The molecular formula is C21H16N2O5S2. The number of carbonyl (C=O) groups is 3. The van der Waals surface area contributed by atoms with Crippen LogP contribution in [0.2, 0.25) is 0 Å². The second-order valence-corrected chi connectivity index (χ2v) is 7.82. The van der Waals surface area contributed by atoms with Crippen LogP contribution in [0.25, 0.3) is 6.08 Å². The first kappa shape index (κ1) is 21.3. The zero-order valence-electron chi connectivity index (χ0n) is 15.4. The number of nitrogens with zero attached hydrogens (tertiary/aromatic N) is 1. The Morgan fingerprint density at radius 3 is 2.60 bits per heavy atom. The summed E-state index contributed by atoms with van der Waals surface area (Å²) in [5.74, 6) is -2.56. The Hall–Kier alpha value is -3.43. The highest BCUT2D eigenvalue weighted by atomic mass is 32.2. The average Bonchev–Trinajstić information content (AvgIpc) is 2.97. The molecule has 0 saturated carbocycles. The molecule has 2 aromatic carbocycles. The second-order valence-electron chi connectivity index (χ2n) is 6.14. The number of hydrogen-bond donors (Lipinski definition) is 3. The second kappa shape index (κ2) is 9.38. The van der Waals surface area contributed by atoms with Crippen LogP contribution >= 0.6 is 24.0 Å². The minimum Gasteiger partial charge on any atom is -0.508 e. The number of allylic oxidation sites excluding steroid dienone is 2. The van der Waals surface area contributed by atoms with E-state index in [0.29, 0.717) is 4.91 Å². The van der Waals surface area contributed by atoms with Gasteiger partial charge in [0.1, 0.15) is 16.6 Å². The molecule has 1 saturated heterocycles. The van der Waals surface area contributed by atoms with E-state index >= 15 is 0 Å². The summed E-state index contributed by atoms with van der Waals surface area (Å²) in [6.45, 7) is -0.357. The van der Waals surface area contributed by atoms with Crippen molar-refractivity contribution in [2.75, 3.05) is 11.9 Å². The van der Waals surface area contributed by atoms with Crippen molar-refractivity contribution in [2.24, 2.45) is 0 Å². The molecule has 1 aliphatic rings.